The molecule has 0 aliphatic heterocycles. The number of nitrogens with one attached hydrogen (secondary N) is 1. The predicted molar refractivity (Wildman–Crippen MR) is 89.0 cm³/mol. The SMILES string of the molecule is O=C(Cc1ccc([N+](=O)[O-])cc1)N/N=C\c1ccc(Cl)cc1Cl. The van der Waals surface area contributed by atoms with Gasteiger partial charge in [0, 0.05) is 22.7 Å². The molecular formula is C15H11Cl2N3O3. The van der Waals surface area contributed by atoms with Crippen LogP contribution in [0.2, 0.25) is 10.0 Å². The van der Waals surface area contributed by atoms with E-state index in [2.05, 4.69) is 10.5 Å². The van der Waals surface area contributed by atoms with Gasteiger partial charge >= 0.3 is 0 Å². The molecule has 0 saturated heterocycles. The number of non-ortho nitro benzene ring substituents is 1. The number of benzene rings is 2. The Labute approximate surface area is 141 Å². The van der Waals surface area contributed by atoms with Crippen LogP contribution in [0.4, 0.5) is 5.69 Å². The van der Waals surface area contributed by atoms with Crippen LogP contribution in [0.3, 0.4) is 0 Å². The molecule has 0 saturated carbocycles. The summed E-state index contributed by atoms with van der Waals surface area (Å²) in [5.74, 6) is -0.347. The number of hydrogen-bond donors (Lipinski definition) is 1. The standard InChI is InChI=1S/C15H11Cl2N3O3/c16-12-4-3-11(14(17)8-12)9-18-19-15(21)7-10-1-5-13(6-2-10)20(22)23/h1-6,8-9H,7H2,(H,19,21)/b18-9-. The summed E-state index contributed by atoms with van der Waals surface area (Å²) >= 11 is 11.8. The van der Waals surface area contributed by atoms with Crippen LogP contribution in [0.15, 0.2) is 47.6 Å². The summed E-state index contributed by atoms with van der Waals surface area (Å²) in [5.41, 5.74) is 3.60. The highest BCUT2D eigenvalue weighted by molar-refractivity contribution is 6.36. The molecule has 1 N–H and O–H groups in total. The molecule has 0 aliphatic carbocycles. The zero-order valence-corrected chi connectivity index (χ0v) is 13.2. The number of carbonyl (C=O) groups is 1. The van der Waals surface area contributed by atoms with Crippen molar-refractivity contribution in [3.05, 3.63) is 73.8 Å². The Bertz CT molecular complexity index is 761. The number of nitro groups is 1. The first-order valence-corrected chi connectivity index (χ1v) is 7.21. The topological polar surface area (TPSA) is 84.6 Å². The fourth-order valence-corrected chi connectivity index (χ4v) is 2.20. The van der Waals surface area contributed by atoms with Crippen LogP contribution in [0.1, 0.15) is 11.1 Å². The van der Waals surface area contributed by atoms with Crippen molar-refractivity contribution in [3.8, 4) is 0 Å². The minimum Gasteiger partial charge on any atom is -0.273 e. The molecule has 0 spiro atoms. The summed E-state index contributed by atoms with van der Waals surface area (Å²) in [4.78, 5) is 21.8. The van der Waals surface area contributed by atoms with Crippen molar-refractivity contribution in [1.82, 2.24) is 5.43 Å². The molecule has 2 rings (SSSR count). The molecule has 0 unspecified atom stereocenters. The molecule has 0 bridgehead atoms. The number of rotatable bonds is 5. The highest BCUT2D eigenvalue weighted by Crippen LogP contribution is 2.19. The van der Waals surface area contributed by atoms with Crippen LogP contribution < -0.4 is 5.43 Å². The predicted octanol–water partition coefficient (Wildman–Crippen LogP) is 3.59. The second-order valence-electron chi connectivity index (χ2n) is 4.56. The fraction of sp³-hybridized carbons (Fsp3) is 0.0667. The Morgan fingerprint density at radius 2 is 1.91 bits per heavy atom. The molecule has 23 heavy (non-hydrogen) atoms. The van der Waals surface area contributed by atoms with Crippen LogP contribution in [0, 0.1) is 10.1 Å². The third-order valence-electron chi connectivity index (χ3n) is 2.87. The Morgan fingerprint density at radius 1 is 1.22 bits per heavy atom. The van der Waals surface area contributed by atoms with E-state index in [0.29, 0.717) is 21.2 Å². The van der Waals surface area contributed by atoms with Crippen LogP contribution >= 0.6 is 23.2 Å². The van der Waals surface area contributed by atoms with E-state index in [1.165, 1.54) is 30.5 Å². The maximum Gasteiger partial charge on any atom is 0.269 e. The third kappa shape index (κ3) is 5.05. The van der Waals surface area contributed by atoms with E-state index in [-0.39, 0.29) is 18.0 Å². The minimum atomic E-state index is -0.496. The van der Waals surface area contributed by atoms with E-state index in [4.69, 9.17) is 23.2 Å². The molecule has 0 radical (unpaired) electrons. The monoisotopic (exact) mass is 351 g/mol. The highest BCUT2D eigenvalue weighted by Gasteiger charge is 2.06. The molecule has 0 atom stereocenters. The van der Waals surface area contributed by atoms with Crippen LogP contribution in [-0.4, -0.2) is 17.0 Å². The molecule has 0 aliphatic rings. The number of nitrogens with zero attached hydrogens (tertiary/aromatic N) is 2. The van der Waals surface area contributed by atoms with Gasteiger partial charge < -0.3 is 0 Å². The van der Waals surface area contributed by atoms with Gasteiger partial charge in [-0.05, 0) is 17.7 Å². The number of carbonyl (C=O) groups excluding carboxylic acids is 1. The van der Waals surface area contributed by atoms with E-state index in [1.54, 1.807) is 18.2 Å². The second kappa shape index (κ2) is 7.71. The van der Waals surface area contributed by atoms with E-state index in [9.17, 15) is 14.9 Å². The molecule has 0 heterocycles. The molecule has 8 heteroatoms. The summed E-state index contributed by atoms with van der Waals surface area (Å²) < 4.78 is 0. The molecule has 118 valence electrons. The van der Waals surface area contributed by atoms with Gasteiger partial charge in [-0.25, -0.2) is 5.43 Å². The Balaban J connectivity index is 1.92. The zero-order chi connectivity index (χ0) is 16.8. The van der Waals surface area contributed by atoms with Gasteiger partial charge in [-0.3, -0.25) is 14.9 Å². The maximum atomic E-state index is 11.7. The molecule has 2 aromatic rings. The second-order valence-corrected chi connectivity index (χ2v) is 5.40. The molecule has 1 amide bonds. The number of halogens is 2. The van der Waals surface area contributed by atoms with E-state index >= 15 is 0 Å². The average Bonchev–Trinajstić information content (AvgIpc) is 2.50. The number of amides is 1. The third-order valence-corrected chi connectivity index (χ3v) is 3.43. The van der Waals surface area contributed by atoms with Gasteiger partial charge in [-0.1, -0.05) is 41.4 Å². The average molecular weight is 352 g/mol. The van der Waals surface area contributed by atoms with Gasteiger partial charge in [0.25, 0.3) is 5.69 Å². The lowest BCUT2D eigenvalue weighted by Crippen LogP contribution is -2.19. The quantitative estimate of drug-likeness (QED) is 0.507. The van der Waals surface area contributed by atoms with Crippen molar-refractivity contribution >= 4 is 41.0 Å². The summed E-state index contributed by atoms with van der Waals surface area (Å²) in [6, 6.07) is 10.7. The van der Waals surface area contributed by atoms with E-state index in [1.807, 2.05) is 0 Å². The fourth-order valence-electron chi connectivity index (χ4n) is 1.74. The van der Waals surface area contributed by atoms with E-state index < -0.39 is 4.92 Å². The minimum absolute atomic E-state index is 0.0236. The molecule has 6 nitrogen and oxygen atoms in total. The van der Waals surface area contributed by atoms with Gasteiger partial charge in [0.1, 0.15) is 0 Å². The largest absolute Gasteiger partial charge is 0.273 e. The Kier molecular flexibility index (Phi) is 5.67. The van der Waals surface area contributed by atoms with Crippen LogP contribution in [-0.2, 0) is 11.2 Å². The van der Waals surface area contributed by atoms with Gasteiger partial charge in [-0.15, -0.1) is 0 Å². The van der Waals surface area contributed by atoms with Gasteiger partial charge in [0.15, 0.2) is 0 Å². The first-order chi connectivity index (χ1) is 11.0. The van der Waals surface area contributed by atoms with Crippen molar-refractivity contribution in [2.75, 3.05) is 0 Å². The Morgan fingerprint density at radius 3 is 2.52 bits per heavy atom. The van der Waals surface area contributed by atoms with Gasteiger partial charge in [0.05, 0.1) is 22.6 Å². The van der Waals surface area contributed by atoms with Crippen molar-refractivity contribution in [3.63, 3.8) is 0 Å². The van der Waals surface area contributed by atoms with Crippen molar-refractivity contribution < 1.29 is 9.72 Å². The van der Waals surface area contributed by atoms with Crippen LogP contribution in [0.5, 0.6) is 0 Å². The van der Waals surface area contributed by atoms with Crippen LogP contribution in [0.25, 0.3) is 0 Å². The molecular weight excluding hydrogens is 341 g/mol. The summed E-state index contributed by atoms with van der Waals surface area (Å²) in [7, 11) is 0. The normalized spacial score (nSPS) is 10.7. The zero-order valence-electron chi connectivity index (χ0n) is 11.7. The molecule has 0 aromatic heterocycles. The summed E-state index contributed by atoms with van der Waals surface area (Å²) in [5, 5.41) is 15.3. The first-order valence-electron chi connectivity index (χ1n) is 6.46. The number of nitro benzene ring substituents is 1. The van der Waals surface area contributed by atoms with Crippen molar-refractivity contribution in [1.29, 1.82) is 0 Å². The van der Waals surface area contributed by atoms with Gasteiger partial charge in [-0.2, -0.15) is 5.10 Å². The maximum absolute atomic E-state index is 11.7. The smallest absolute Gasteiger partial charge is 0.269 e. The lowest BCUT2D eigenvalue weighted by molar-refractivity contribution is -0.384. The van der Waals surface area contributed by atoms with Gasteiger partial charge in [0.2, 0.25) is 5.91 Å². The lowest BCUT2D eigenvalue weighted by Gasteiger charge is -2.01. The van der Waals surface area contributed by atoms with E-state index in [0.717, 1.165) is 0 Å². The summed E-state index contributed by atoms with van der Waals surface area (Å²) in [6.45, 7) is 0. The first kappa shape index (κ1) is 16.9. The lowest BCUT2D eigenvalue weighted by atomic mass is 10.1. The van der Waals surface area contributed by atoms with Crippen molar-refractivity contribution in [2.24, 2.45) is 5.10 Å². The summed E-state index contributed by atoms with van der Waals surface area (Å²) in [6.07, 6.45) is 1.47. The molecule has 0 fully saturated rings. The Hall–Kier alpha value is -2.44. The molecule has 2 aromatic carbocycles. The number of hydrogen-bond acceptors (Lipinski definition) is 4. The van der Waals surface area contributed by atoms with Crippen molar-refractivity contribution in [2.45, 2.75) is 6.42 Å². The number of hydrazone groups is 1. The highest BCUT2D eigenvalue weighted by atomic mass is 35.5.